The molecule has 1 heterocycles. The minimum Gasteiger partial charge on any atom is -0.480 e. The van der Waals surface area contributed by atoms with Gasteiger partial charge in [0.1, 0.15) is 11.4 Å². The number of hydrogen-bond acceptors (Lipinski definition) is 4. The van der Waals surface area contributed by atoms with Crippen LogP contribution in [0.5, 0.6) is 0 Å². The van der Waals surface area contributed by atoms with Gasteiger partial charge in [0.15, 0.2) is 0 Å². The second kappa shape index (κ2) is 5.92. The number of aromatic nitrogens is 2. The quantitative estimate of drug-likeness (QED) is 0.843. The molecule has 0 aromatic carbocycles. The van der Waals surface area contributed by atoms with Gasteiger partial charge in [-0.2, -0.15) is 9.40 Å². The van der Waals surface area contributed by atoms with E-state index in [2.05, 4.69) is 5.10 Å². The van der Waals surface area contributed by atoms with Gasteiger partial charge in [0.05, 0.1) is 6.20 Å². The SMILES string of the molecule is CCN(C1CCCC1)S(=O)(=O)c1cnn(CC(=O)O)c1. The molecule has 0 saturated heterocycles. The molecule has 112 valence electrons. The molecule has 1 fully saturated rings. The maximum atomic E-state index is 12.6. The van der Waals surface area contributed by atoms with Crippen LogP contribution in [0.3, 0.4) is 0 Å². The molecule has 8 heteroatoms. The lowest BCUT2D eigenvalue weighted by Crippen LogP contribution is -2.38. The van der Waals surface area contributed by atoms with Crippen molar-refractivity contribution >= 4 is 16.0 Å². The highest BCUT2D eigenvalue weighted by atomic mass is 32.2. The number of carboxylic acids is 1. The smallest absolute Gasteiger partial charge is 0.325 e. The predicted octanol–water partition coefficient (Wildman–Crippen LogP) is 0.921. The molecule has 1 saturated carbocycles. The van der Waals surface area contributed by atoms with Crippen LogP contribution >= 0.6 is 0 Å². The Morgan fingerprint density at radius 2 is 2.15 bits per heavy atom. The lowest BCUT2D eigenvalue weighted by atomic mass is 10.2. The van der Waals surface area contributed by atoms with E-state index in [0.717, 1.165) is 30.4 Å². The van der Waals surface area contributed by atoms with Gasteiger partial charge in [0.2, 0.25) is 10.0 Å². The summed E-state index contributed by atoms with van der Waals surface area (Å²) in [5.74, 6) is -1.06. The lowest BCUT2D eigenvalue weighted by Gasteiger charge is -2.25. The number of nitrogens with zero attached hydrogens (tertiary/aromatic N) is 3. The summed E-state index contributed by atoms with van der Waals surface area (Å²) in [6.07, 6.45) is 6.37. The van der Waals surface area contributed by atoms with E-state index in [1.54, 1.807) is 0 Å². The van der Waals surface area contributed by atoms with Gasteiger partial charge in [-0.15, -0.1) is 0 Å². The highest BCUT2D eigenvalue weighted by molar-refractivity contribution is 7.89. The molecule has 1 aliphatic carbocycles. The zero-order valence-electron chi connectivity index (χ0n) is 11.4. The van der Waals surface area contributed by atoms with Gasteiger partial charge in [-0.3, -0.25) is 9.48 Å². The van der Waals surface area contributed by atoms with Crippen molar-refractivity contribution in [2.75, 3.05) is 6.54 Å². The van der Waals surface area contributed by atoms with Crippen molar-refractivity contribution in [3.8, 4) is 0 Å². The van der Waals surface area contributed by atoms with Crippen molar-refractivity contribution in [2.24, 2.45) is 0 Å². The molecule has 1 aromatic rings. The Bertz CT molecular complexity index is 575. The van der Waals surface area contributed by atoms with Crippen LogP contribution in [-0.4, -0.2) is 46.2 Å². The molecule has 1 aliphatic rings. The third kappa shape index (κ3) is 3.01. The van der Waals surface area contributed by atoms with Gasteiger partial charge in [-0.1, -0.05) is 19.8 Å². The van der Waals surface area contributed by atoms with Gasteiger partial charge >= 0.3 is 5.97 Å². The Labute approximate surface area is 118 Å². The predicted molar refractivity (Wildman–Crippen MR) is 71.7 cm³/mol. The van der Waals surface area contributed by atoms with Gasteiger partial charge in [0, 0.05) is 18.8 Å². The molecule has 2 rings (SSSR count). The van der Waals surface area contributed by atoms with Crippen LogP contribution < -0.4 is 0 Å². The second-order valence-corrected chi connectivity index (χ2v) is 6.80. The van der Waals surface area contributed by atoms with Crippen LogP contribution in [0.4, 0.5) is 0 Å². The lowest BCUT2D eigenvalue weighted by molar-refractivity contribution is -0.137. The Balaban J connectivity index is 2.23. The molecule has 0 bridgehead atoms. The van der Waals surface area contributed by atoms with Crippen LogP contribution in [0.25, 0.3) is 0 Å². The van der Waals surface area contributed by atoms with Crippen LogP contribution in [-0.2, 0) is 21.4 Å². The molecule has 0 spiro atoms. The van der Waals surface area contributed by atoms with E-state index >= 15 is 0 Å². The van der Waals surface area contributed by atoms with Gasteiger partial charge in [0.25, 0.3) is 0 Å². The van der Waals surface area contributed by atoms with Gasteiger partial charge < -0.3 is 5.11 Å². The fourth-order valence-electron chi connectivity index (χ4n) is 2.65. The van der Waals surface area contributed by atoms with Crippen molar-refractivity contribution in [1.29, 1.82) is 0 Å². The Hall–Kier alpha value is -1.41. The summed E-state index contributed by atoms with van der Waals surface area (Å²) >= 11 is 0. The molecule has 0 amide bonds. The Morgan fingerprint density at radius 1 is 1.50 bits per heavy atom. The van der Waals surface area contributed by atoms with E-state index in [-0.39, 0.29) is 17.5 Å². The summed E-state index contributed by atoms with van der Waals surface area (Å²) in [6.45, 7) is 1.89. The fourth-order valence-corrected chi connectivity index (χ4v) is 4.30. The van der Waals surface area contributed by atoms with Gasteiger partial charge in [-0.05, 0) is 12.8 Å². The molecule has 0 unspecified atom stereocenters. The number of sulfonamides is 1. The highest BCUT2D eigenvalue weighted by Crippen LogP contribution is 2.28. The molecule has 1 aromatic heterocycles. The molecular weight excluding hydrogens is 282 g/mol. The van der Waals surface area contributed by atoms with Crippen LogP contribution in [0.15, 0.2) is 17.3 Å². The van der Waals surface area contributed by atoms with Crippen molar-refractivity contribution in [3.63, 3.8) is 0 Å². The van der Waals surface area contributed by atoms with Crippen LogP contribution in [0, 0.1) is 0 Å². The zero-order chi connectivity index (χ0) is 14.8. The summed E-state index contributed by atoms with van der Waals surface area (Å²) in [5, 5.41) is 12.5. The highest BCUT2D eigenvalue weighted by Gasteiger charge is 2.32. The first-order valence-corrected chi connectivity index (χ1v) is 8.15. The van der Waals surface area contributed by atoms with E-state index in [9.17, 15) is 13.2 Å². The van der Waals surface area contributed by atoms with E-state index in [0.29, 0.717) is 6.54 Å². The average molecular weight is 301 g/mol. The molecule has 0 atom stereocenters. The van der Waals surface area contributed by atoms with Crippen LogP contribution in [0.2, 0.25) is 0 Å². The summed E-state index contributed by atoms with van der Waals surface area (Å²) in [6, 6.07) is 0.0489. The number of carbonyl (C=O) groups is 1. The number of carboxylic acid groups (broad SMARTS) is 1. The monoisotopic (exact) mass is 301 g/mol. The zero-order valence-corrected chi connectivity index (χ0v) is 12.2. The first-order valence-electron chi connectivity index (χ1n) is 6.71. The van der Waals surface area contributed by atoms with E-state index in [1.165, 1.54) is 16.7 Å². The average Bonchev–Trinajstić information content (AvgIpc) is 3.00. The molecule has 20 heavy (non-hydrogen) atoms. The molecular formula is C12H19N3O4S. The second-order valence-electron chi connectivity index (χ2n) is 4.91. The van der Waals surface area contributed by atoms with Gasteiger partial charge in [-0.25, -0.2) is 8.42 Å². The normalized spacial score (nSPS) is 16.9. The maximum Gasteiger partial charge on any atom is 0.325 e. The topological polar surface area (TPSA) is 92.5 Å². The van der Waals surface area contributed by atoms with Crippen LogP contribution in [0.1, 0.15) is 32.6 Å². The maximum absolute atomic E-state index is 12.6. The van der Waals surface area contributed by atoms with Crippen molar-refractivity contribution in [3.05, 3.63) is 12.4 Å². The summed E-state index contributed by atoms with van der Waals surface area (Å²) in [5.41, 5.74) is 0. The summed E-state index contributed by atoms with van der Waals surface area (Å²) < 4.78 is 27.8. The number of hydrogen-bond donors (Lipinski definition) is 1. The van der Waals surface area contributed by atoms with E-state index < -0.39 is 16.0 Å². The third-order valence-corrected chi connectivity index (χ3v) is 5.54. The number of aliphatic carboxylic acids is 1. The summed E-state index contributed by atoms with van der Waals surface area (Å²) in [4.78, 5) is 10.7. The molecule has 0 radical (unpaired) electrons. The largest absolute Gasteiger partial charge is 0.480 e. The first-order chi connectivity index (χ1) is 9.45. The molecule has 7 nitrogen and oxygen atoms in total. The Kier molecular flexibility index (Phi) is 4.44. The third-order valence-electron chi connectivity index (χ3n) is 3.56. The Morgan fingerprint density at radius 3 is 2.70 bits per heavy atom. The van der Waals surface area contributed by atoms with Crippen molar-refractivity contribution < 1.29 is 18.3 Å². The van der Waals surface area contributed by atoms with E-state index in [4.69, 9.17) is 5.11 Å². The summed E-state index contributed by atoms with van der Waals surface area (Å²) in [7, 11) is -3.59. The molecule has 0 aliphatic heterocycles. The number of rotatable bonds is 6. The van der Waals surface area contributed by atoms with E-state index in [1.807, 2.05) is 6.92 Å². The van der Waals surface area contributed by atoms with Crippen molar-refractivity contribution in [2.45, 2.75) is 50.1 Å². The minimum atomic E-state index is -3.59. The first kappa shape index (κ1) is 15.0. The van der Waals surface area contributed by atoms with Crippen molar-refractivity contribution in [1.82, 2.24) is 14.1 Å². The minimum absolute atomic E-state index is 0.0489. The standard InChI is InChI=1S/C12H19N3O4S/c1-2-15(10-5-3-4-6-10)20(18,19)11-7-13-14(8-11)9-12(16)17/h7-8,10H,2-6,9H2,1H3,(H,16,17). The fraction of sp³-hybridized carbons (Fsp3) is 0.667. The molecule has 1 N–H and O–H groups in total.